The molecule has 0 aliphatic rings. The molecule has 0 unspecified atom stereocenters. The van der Waals surface area contributed by atoms with Gasteiger partial charge < -0.3 is 14.5 Å². The number of hydrogen-bond donors (Lipinski definition) is 1. The van der Waals surface area contributed by atoms with Gasteiger partial charge >= 0.3 is 0 Å². The standard InChI is InChI=1S/C22H24N2O5S/c1-4-24(5-2)30(26,27)19-9-10-21(29-18-8-6-7-16(3)13-18)20(14-19)23-22(25)17-11-12-28-15-17/h6-15H,4-5H2,1-3H3,(H,23,25). The van der Waals surface area contributed by atoms with Crippen LogP contribution < -0.4 is 10.1 Å². The van der Waals surface area contributed by atoms with Gasteiger partial charge in [-0.25, -0.2) is 8.42 Å². The number of nitrogens with one attached hydrogen (secondary N) is 1. The van der Waals surface area contributed by atoms with Crippen LogP contribution >= 0.6 is 0 Å². The summed E-state index contributed by atoms with van der Waals surface area (Å²) in [6.45, 7) is 6.18. The second-order valence-electron chi connectivity index (χ2n) is 6.63. The van der Waals surface area contributed by atoms with Crippen LogP contribution in [0.3, 0.4) is 0 Å². The van der Waals surface area contributed by atoms with E-state index >= 15 is 0 Å². The largest absolute Gasteiger partial charge is 0.472 e. The Morgan fingerprint density at radius 1 is 1.10 bits per heavy atom. The average molecular weight is 429 g/mol. The van der Waals surface area contributed by atoms with Gasteiger partial charge in [0, 0.05) is 13.1 Å². The first-order chi connectivity index (χ1) is 14.3. The van der Waals surface area contributed by atoms with Crippen molar-refractivity contribution >= 4 is 21.6 Å². The average Bonchev–Trinajstić information content (AvgIpc) is 3.25. The summed E-state index contributed by atoms with van der Waals surface area (Å²) in [4.78, 5) is 12.6. The lowest BCUT2D eigenvalue weighted by Gasteiger charge is -2.20. The quantitative estimate of drug-likeness (QED) is 0.563. The first-order valence-corrected chi connectivity index (χ1v) is 11.0. The van der Waals surface area contributed by atoms with Gasteiger partial charge in [0.25, 0.3) is 5.91 Å². The van der Waals surface area contributed by atoms with Gasteiger partial charge in [-0.05, 0) is 48.9 Å². The maximum Gasteiger partial charge on any atom is 0.259 e. The molecule has 1 amide bonds. The number of furan rings is 1. The molecule has 2 aromatic carbocycles. The minimum atomic E-state index is -3.70. The summed E-state index contributed by atoms with van der Waals surface area (Å²) in [6.07, 6.45) is 2.70. The third-order valence-corrected chi connectivity index (χ3v) is 6.59. The fraction of sp³-hybridized carbons (Fsp3) is 0.227. The van der Waals surface area contributed by atoms with Crippen LogP contribution in [0.1, 0.15) is 29.8 Å². The Labute approximate surface area is 176 Å². The van der Waals surface area contributed by atoms with Gasteiger partial charge in [-0.3, -0.25) is 4.79 Å². The van der Waals surface area contributed by atoms with Crippen LogP contribution in [0.2, 0.25) is 0 Å². The van der Waals surface area contributed by atoms with Gasteiger partial charge in [-0.15, -0.1) is 0 Å². The Morgan fingerprint density at radius 2 is 1.87 bits per heavy atom. The van der Waals surface area contributed by atoms with Gasteiger partial charge in [-0.2, -0.15) is 4.31 Å². The lowest BCUT2D eigenvalue weighted by Crippen LogP contribution is -2.30. The molecule has 30 heavy (non-hydrogen) atoms. The van der Waals surface area contributed by atoms with Crippen molar-refractivity contribution in [3.63, 3.8) is 0 Å². The molecule has 1 N–H and O–H groups in total. The number of anilines is 1. The van der Waals surface area contributed by atoms with Crippen LogP contribution in [0.5, 0.6) is 11.5 Å². The molecule has 3 rings (SSSR count). The van der Waals surface area contributed by atoms with Gasteiger partial charge in [0.05, 0.1) is 22.4 Å². The van der Waals surface area contributed by atoms with E-state index in [1.54, 1.807) is 26.0 Å². The van der Waals surface area contributed by atoms with Crippen LogP contribution in [-0.2, 0) is 10.0 Å². The van der Waals surface area contributed by atoms with Crippen molar-refractivity contribution in [2.45, 2.75) is 25.7 Å². The minimum Gasteiger partial charge on any atom is -0.472 e. The van der Waals surface area contributed by atoms with E-state index in [0.29, 0.717) is 30.2 Å². The highest BCUT2D eigenvalue weighted by Crippen LogP contribution is 2.33. The lowest BCUT2D eigenvalue weighted by atomic mass is 10.2. The van der Waals surface area contributed by atoms with Crippen LogP contribution in [-0.4, -0.2) is 31.7 Å². The molecule has 0 aliphatic heterocycles. The van der Waals surface area contributed by atoms with E-state index in [-0.39, 0.29) is 10.6 Å². The van der Waals surface area contributed by atoms with Crippen molar-refractivity contribution in [3.05, 3.63) is 72.2 Å². The lowest BCUT2D eigenvalue weighted by molar-refractivity contribution is 0.102. The Balaban J connectivity index is 2.02. The fourth-order valence-corrected chi connectivity index (χ4v) is 4.45. The van der Waals surface area contributed by atoms with Gasteiger partial charge in [0.1, 0.15) is 12.0 Å². The molecule has 3 aromatic rings. The number of nitrogens with zero attached hydrogens (tertiary/aromatic N) is 1. The molecule has 1 heterocycles. The predicted molar refractivity (Wildman–Crippen MR) is 114 cm³/mol. The molecule has 8 heteroatoms. The van der Waals surface area contributed by atoms with Gasteiger partial charge in [-0.1, -0.05) is 26.0 Å². The SMILES string of the molecule is CCN(CC)S(=O)(=O)c1ccc(Oc2cccc(C)c2)c(NC(=O)c2ccoc2)c1. The molecule has 0 saturated heterocycles. The summed E-state index contributed by atoms with van der Waals surface area (Å²) >= 11 is 0. The van der Waals surface area contributed by atoms with Crippen molar-refractivity contribution in [1.29, 1.82) is 0 Å². The number of benzene rings is 2. The number of aryl methyl sites for hydroxylation is 1. The molecule has 0 aliphatic carbocycles. The third kappa shape index (κ3) is 4.72. The summed E-state index contributed by atoms with van der Waals surface area (Å²) in [5, 5.41) is 2.73. The Bertz CT molecular complexity index is 1120. The maximum absolute atomic E-state index is 12.9. The topological polar surface area (TPSA) is 88.9 Å². The Hall–Kier alpha value is -3.10. The normalized spacial score (nSPS) is 11.5. The zero-order chi connectivity index (χ0) is 21.7. The summed E-state index contributed by atoms with van der Waals surface area (Å²) in [6, 6.07) is 13.4. The molecule has 0 atom stereocenters. The zero-order valence-corrected chi connectivity index (χ0v) is 17.9. The Morgan fingerprint density at radius 3 is 2.50 bits per heavy atom. The maximum atomic E-state index is 12.9. The van der Waals surface area contributed by atoms with Crippen LogP contribution in [0.15, 0.2) is 70.4 Å². The van der Waals surface area contributed by atoms with Crippen LogP contribution in [0, 0.1) is 6.92 Å². The molecule has 7 nitrogen and oxygen atoms in total. The molecule has 0 saturated carbocycles. The van der Waals surface area contributed by atoms with E-state index in [0.717, 1.165) is 5.56 Å². The number of carbonyl (C=O) groups excluding carboxylic acids is 1. The molecule has 0 bridgehead atoms. The second-order valence-corrected chi connectivity index (χ2v) is 8.57. The fourth-order valence-electron chi connectivity index (χ4n) is 2.96. The second kappa shape index (κ2) is 9.15. The third-order valence-electron chi connectivity index (χ3n) is 4.54. The smallest absolute Gasteiger partial charge is 0.259 e. The predicted octanol–water partition coefficient (Wildman–Crippen LogP) is 4.66. The summed E-state index contributed by atoms with van der Waals surface area (Å²) < 4.78 is 38.1. The molecule has 158 valence electrons. The summed E-state index contributed by atoms with van der Waals surface area (Å²) in [5.74, 6) is 0.472. The first-order valence-electron chi connectivity index (χ1n) is 9.57. The minimum absolute atomic E-state index is 0.0743. The number of rotatable bonds is 8. The van der Waals surface area contributed by atoms with E-state index in [1.165, 1.54) is 35.0 Å². The van der Waals surface area contributed by atoms with Crippen molar-refractivity contribution in [3.8, 4) is 11.5 Å². The number of hydrogen-bond acceptors (Lipinski definition) is 5. The first kappa shape index (κ1) is 21.6. The molecule has 0 spiro atoms. The van der Waals surface area contributed by atoms with Crippen molar-refractivity contribution in [1.82, 2.24) is 4.31 Å². The van der Waals surface area contributed by atoms with Crippen LogP contribution in [0.4, 0.5) is 5.69 Å². The molecule has 0 radical (unpaired) electrons. The molecular weight excluding hydrogens is 404 g/mol. The van der Waals surface area contributed by atoms with Crippen molar-refractivity contribution < 1.29 is 22.4 Å². The van der Waals surface area contributed by atoms with E-state index in [2.05, 4.69) is 5.32 Å². The van der Waals surface area contributed by atoms with Gasteiger partial charge in [0.15, 0.2) is 5.75 Å². The zero-order valence-electron chi connectivity index (χ0n) is 17.1. The monoisotopic (exact) mass is 428 g/mol. The Kier molecular flexibility index (Phi) is 6.59. The van der Waals surface area contributed by atoms with Crippen molar-refractivity contribution in [2.24, 2.45) is 0 Å². The number of sulfonamides is 1. The molecule has 0 fully saturated rings. The highest BCUT2D eigenvalue weighted by Gasteiger charge is 2.24. The van der Waals surface area contributed by atoms with Crippen LogP contribution in [0.25, 0.3) is 0 Å². The number of amides is 1. The highest BCUT2D eigenvalue weighted by molar-refractivity contribution is 7.89. The number of ether oxygens (including phenoxy) is 1. The van der Waals surface area contributed by atoms with E-state index in [9.17, 15) is 13.2 Å². The van der Waals surface area contributed by atoms with Gasteiger partial charge in [0.2, 0.25) is 10.0 Å². The van der Waals surface area contributed by atoms with Crippen molar-refractivity contribution in [2.75, 3.05) is 18.4 Å². The van der Waals surface area contributed by atoms with E-state index in [1.807, 2.05) is 25.1 Å². The molecular formula is C22H24N2O5S. The number of carbonyl (C=O) groups is 1. The summed E-state index contributed by atoms with van der Waals surface area (Å²) in [7, 11) is -3.70. The highest BCUT2D eigenvalue weighted by atomic mass is 32.2. The van der Waals surface area contributed by atoms with E-state index < -0.39 is 15.9 Å². The van der Waals surface area contributed by atoms with E-state index in [4.69, 9.17) is 9.15 Å². The summed E-state index contributed by atoms with van der Waals surface area (Å²) in [5.41, 5.74) is 1.57. The molecule has 1 aromatic heterocycles.